The van der Waals surface area contributed by atoms with Gasteiger partial charge in [0.1, 0.15) is 0 Å². The number of carbonyl (C=O) groups excluding carboxylic acids is 1. The summed E-state index contributed by atoms with van der Waals surface area (Å²) in [6.45, 7) is 7.76. The summed E-state index contributed by atoms with van der Waals surface area (Å²) < 4.78 is 0. The molecule has 1 saturated heterocycles. The Balaban J connectivity index is 2.17. The minimum absolute atomic E-state index is 0.353. The number of amides is 1. The zero-order chi connectivity index (χ0) is 13.9. The fraction of sp³-hybridized carbons (Fsp3) is 0.933. The van der Waals surface area contributed by atoms with E-state index in [1.807, 2.05) is 0 Å². The van der Waals surface area contributed by atoms with Crippen molar-refractivity contribution in [3.63, 3.8) is 0 Å². The third-order valence-corrected chi connectivity index (χ3v) is 3.88. The molecule has 1 heterocycles. The summed E-state index contributed by atoms with van der Waals surface area (Å²) in [5, 5.41) is 0. The van der Waals surface area contributed by atoms with Crippen molar-refractivity contribution in [3.8, 4) is 0 Å². The Kier molecular flexibility index (Phi) is 8.84. The third-order valence-electron chi connectivity index (χ3n) is 3.88. The van der Waals surface area contributed by atoms with Crippen LogP contribution in [0.3, 0.4) is 0 Å². The molecule has 0 saturated carbocycles. The Morgan fingerprint density at radius 1 is 1.05 bits per heavy atom. The highest BCUT2D eigenvalue weighted by atomic mass is 16.2. The molecule has 0 bridgehead atoms. The third kappa shape index (κ3) is 6.92. The van der Waals surface area contributed by atoms with Gasteiger partial charge in [-0.25, -0.2) is 0 Å². The minimum atomic E-state index is 0.353. The van der Waals surface area contributed by atoms with Gasteiger partial charge in [-0.15, -0.1) is 0 Å². The molecule has 4 heteroatoms. The largest absolute Gasteiger partial charge is 0.341 e. The summed E-state index contributed by atoms with van der Waals surface area (Å²) in [5.74, 6) is 0.353. The highest BCUT2D eigenvalue weighted by Gasteiger charge is 2.17. The molecule has 0 radical (unpaired) electrons. The second-order valence-corrected chi connectivity index (χ2v) is 5.53. The van der Waals surface area contributed by atoms with E-state index in [-0.39, 0.29) is 0 Å². The molecule has 0 atom stereocenters. The maximum atomic E-state index is 12.1. The van der Waals surface area contributed by atoms with Gasteiger partial charge in [0.05, 0.1) is 0 Å². The smallest absolute Gasteiger partial charge is 0.222 e. The summed E-state index contributed by atoms with van der Waals surface area (Å²) in [6, 6.07) is 0. The molecule has 0 aromatic carbocycles. The molecule has 1 amide bonds. The van der Waals surface area contributed by atoms with Crippen LogP contribution in [0.25, 0.3) is 0 Å². The zero-order valence-corrected chi connectivity index (χ0v) is 12.6. The number of rotatable bonds is 8. The van der Waals surface area contributed by atoms with Crippen molar-refractivity contribution in [3.05, 3.63) is 0 Å². The van der Waals surface area contributed by atoms with Crippen molar-refractivity contribution in [1.82, 2.24) is 9.80 Å². The van der Waals surface area contributed by atoms with Crippen LogP contribution in [0.1, 0.15) is 51.9 Å². The van der Waals surface area contributed by atoms with Crippen LogP contribution in [0.5, 0.6) is 0 Å². The molecule has 0 aliphatic carbocycles. The summed E-state index contributed by atoms with van der Waals surface area (Å²) in [4.78, 5) is 16.6. The van der Waals surface area contributed by atoms with Gasteiger partial charge in [0.25, 0.3) is 0 Å². The SMILES string of the molecule is CCCCCCCC(=O)N1CCCN(CCN)CC1. The summed E-state index contributed by atoms with van der Waals surface area (Å²) in [6.07, 6.45) is 7.91. The molecule has 19 heavy (non-hydrogen) atoms. The van der Waals surface area contributed by atoms with Gasteiger partial charge in [-0.05, 0) is 19.4 Å². The second-order valence-electron chi connectivity index (χ2n) is 5.53. The molecule has 112 valence electrons. The molecule has 1 aliphatic rings. The first kappa shape index (κ1) is 16.4. The predicted octanol–water partition coefficient (Wildman–Crippen LogP) is 1.84. The number of nitrogens with two attached hydrogens (primary N) is 1. The van der Waals surface area contributed by atoms with Crippen LogP contribution in [0, 0.1) is 0 Å². The lowest BCUT2D eigenvalue weighted by Gasteiger charge is -2.21. The topological polar surface area (TPSA) is 49.6 Å². The first-order valence-electron chi connectivity index (χ1n) is 7.98. The second kappa shape index (κ2) is 10.2. The van der Waals surface area contributed by atoms with Gasteiger partial charge in [0, 0.05) is 39.1 Å². The van der Waals surface area contributed by atoms with Crippen molar-refractivity contribution in [2.24, 2.45) is 5.73 Å². The first-order valence-corrected chi connectivity index (χ1v) is 7.98. The Bertz CT molecular complexity index is 246. The quantitative estimate of drug-likeness (QED) is 0.684. The fourth-order valence-electron chi connectivity index (χ4n) is 2.66. The number of hydrogen-bond acceptors (Lipinski definition) is 3. The van der Waals surface area contributed by atoms with E-state index in [0.29, 0.717) is 12.5 Å². The lowest BCUT2D eigenvalue weighted by atomic mass is 10.1. The fourth-order valence-corrected chi connectivity index (χ4v) is 2.66. The van der Waals surface area contributed by atoms with Crippen molar-refractivity contribution < 1.29 is 4.79 Å². The molecule has 4 nitrogen and oxygen atoms in total. The Hall–Kier alpha value is -0.610. The van der Waals surface area contributed by atoms with Crippen LogP contribution in [-0.4, -0.2) is 55.0 Å². The van der Waals surface area contributed by atoms with E-state index >= 15 is 0 Å². The van der Waals surface area contributed by atoms with E-state index in [9.17, 15) is 4.79 Å². The standard InChI is InChI=1S/C15H31N3O/c1-2-3-4-5-6-8-15(19)18-11-7-10-17(12-9-16)13-14-18/h2-14,16H2,1H3. The van der Waals surface area contributed by atoms with E-state index in [0.717, 1.165) is 52.0 Å². The van der Waals surface area contributed by atoms with E-state index < -0.39 is 0 Å². The number of nitrogens with zero attached hydrogens (tertiary/aromatic N) is 2. The lowest BCUT2D eigenvalue weighted by molar-refractivity contribution is -0.131. The number of hydrogen-bond donors (Lipinski definition) is 1. The maximum Gasteiger partial charge on any atom is 0.222 e. The average Bonchev–Trinajstić information content (AvgIpc) is 2.64. The Morgan fingerprint density at radius 3 is 2.58 bits per heavy atom. The van der Waals surface area contributed by atoms with E-state index in [1.54, 1.807) is 0 Å². The van der Waals surface area contributed by atoms with Crippen LogP contribution < -0.4 is 5.73 Å². The van der Waals surface area contributed by atoms with E-state index in [2.05, 4.69) is 16.7 Å². The lowest BCUT2D eigenvalue weighted by Crippen LogP contribution is -2.36. The van der Waals surface area contributed by atoms with Crippen molar-refractivity contribution in [2.75, 3.05) is 39.3 Å². The van der Waals surface area contributed by atoms with Gasteiger partial charge in [0.15, 0.2) is 0 Å². The maximum absolute atomic E-state index is 12.1. The van der Waals surface area contributed by atoms with Gasteiger partial charge in [-0.3, -0.25) is 4.79 Å². The Morgan fingerprint density at radius 2 is 1.84 bits per heavy atom. The first-order chi connectivity index (χ1) is 9.27. The van der Waals surface area contributed by atoms with Gasteiger partial charge in [-0.2, -0.15) is 0 Å². The van der Waals surface area contributed by atoms with Crippen molar-refractivity contribution in [1.29, 1.82) is 0 Å². The Labute approximate surface area is 118 Å². The molecular weight excluding hydrogens is 238 g/mol. The average molecular weight is 269 g/mol. The molecule has 0 unspecified atom stereocenters. The number of carbonyl (C=O) groups is 1. The highest BCUT2D eigenvalue weighted by Crippen LogP contribution is 2.09. The molecule has 0 spiro atoms. The van der Waals surface area contributed by atoms with Crippen LogP contribution in [0.15, 0.2) is 0 Å². The van der Waals surface area contributed by atoms with Crippen LogP contribution in [0.4, 0.5) is 0 Å². The van der Waals surface area contributed by atoms with Crippen LogP contribution in [-0.2, 0) is 4.79 Å². The minimum Gasteiger partial charge on any atom is -0.341 e. The molecule has 0 aromatic rings. The van der Waals surface area contributed by atoms with Crippen molar-refractivity contribution in [2.45, 2.75) is 51.9 Å². The van der Waals surface area contributed by atoms with Gasteiger partial charge in [-0.1, -0.05) is 32.6 Å². The summed E-state index contributed by atoms with van der Waals surface area (Å²) in [7, 11) is 0. The van der Waals surface area contributed by atoms with Crippen LogP contribution in [0.2, 0.25) is 0 Å². The molecule has 2 N–H and O–H groups in total. The highest BCUT2D eigenvalue weighted by molar-refractivity contribution is 5.76. The van der Waals surface area contributed by atoms with Gasteiger partial charge < -0.3 is 15.5 Å². The summed E-state index contributed by atoms with van der Waals surface area (Å²) in [5.41, 5.74) is 5.59. The van der Waals surface area contributed by atoms with Gasteiger partial charge >= 0.3 is 0 Å². The monoisotopic (exact) mass is 269 g/mol. The number of unbranched alkanes of at least 4 members (excludes halogenated alkanes) is 4. The van der Waals surface area contributed by atoms with E-state index in [4.69, 9.17) is 5.73 Å². The molecule has 1 fully saturated rings. The zero-order valence-electron chi connectivity index (χ0n) is 12.6. The predicted molar refractivity (Wildman–Crippen MR) is 80.1 cm³/mol. The van der Waals surface area contributed by atoms with Gasteiger partial charge in [0.2, 0.25) is 5.91 Å². The molecule has 1 aliphatic heterocycles. The summed E-state index contributed by atoms with van der Waals surface area (Å²) >= 11 is 0. The van der Waals surface area contributed by atoms with E-state index in [1.165, 1.54) is 25.7 Å². The molecule has 1 rings (SSSR count). The molecule has 0 aromatic heterocycles. The van der Waals surface area contributed by atoms with Crippen molar-refractivity contribution >= 4 is 5.91 Å². The van der Waals surface area contributed by atoms with Crippen LogP contribution >= 0.6 is 0 Å². The molecular formula is C15H31N3O. The normalized spacial score (nSPS) is 17.5.